The molecule has 0 radical (unpaired) electrons. The number of carbonyl (C=O) groups is 2. The van der Waals surface area contributed by atoms with Crippen molar-refractivity contribution in [1.29, 1.82) is 0 Å². The van der Waals surface area contributed by atoms with Gasteiger partial charge in [0.05, 0.1) is 5.92 Å². The second-order valence-electron chi connectivity index (χ2n) is 5.23. The van der Waals surface area contributed by atoms with E-state index in [1.165, 1.54) is 11.3 Å². The number of nitrogens with zero attached hydrogens (tertiary/aromatic N) is 3. The van der Waals surface area contributed by atoms with Crippen LogP contribution < -0.4 is 10.2 Å². The number of anilines is 2. The minimum Gasteiger partial charge on any atom is -0.312 e. The standard InChI is InChI=1S/C15H15ClN4O2S/c1-2-12-18-19-15(23-12)17-14(22)9-6-13(21)20(8-9)11-5-3-4-10(16)7-11/h3-5,7,9H,2,6,8H2,1H3,(H,17,19,22)/t9-/m1/s1. The van der Waals surface area contributed by atoms with Gasteiger partial charge in [-0.2, -0.15) is 0 Å². The lowest BCUT2D eigenvalue weighted by atomic mass is 10.1. The van der Waals surface area contributed by atoms with Crippen LogP contribution in [0.25, 0.3) is 0 Å². The molecule has 23 heavy (non-hydrogen) atoms. The molecular formula is C15H15ClN4O2S. The lowest BCUT2D eigenvalue weighted by molar-refractivity contribution is -0.122. The highest BCUT2D eigenvalue weighted by Crippen LogP contribution is 2.28. The summed E-state index contributed by atoms with van der Waals surface area (Å²) in [5.41, 5.74) is 0.710. The molecule has 120 valence electrons. The Labute approximate surface area is 142 Å². The first kappa shape index (κ1) is 15.9. The molecule has 0 bridgehead atoms. The highest BCUT2D eigenvalue weighted by molar-refractivity contribution is 7.15. The van der Waals surface area contributed by atoms with Gasteiger partial charge in [-0.25, -0.2) is 0 Å². The summed E-state index contributed by atoms with van der Waals surface area (Å²) in [6.07, 6.45) is 0.954. The number of halogens is 1. The zero-order valence-corrected chi connectivity index (χ0v) is 14.0. The van der Waals surface area contributed by atoms with Gasteiger partial charge in [0, 0.05) is 23.7 Å². The maximum atomic E-state index is 12.3. The number of aryl methyl sites for hydroxylation is 1. The van der Waals surface area contributed by atoms with E-state index in [0.717, 1.165) is 11.4 Å². The van der Waals surface area contributed by atoms with Crippen molar-refractivity contribution in [3.8, 4) is 0 Å². The van der Waals surface area contributed by atoms with Crippen LogP contribution in [-0.4, -0.2) is 28.6 Å². The quantitative estimate of drug-likeness (QED) is 0.920. The fourth-order valence-corrected chi connectivity index (χ4v) is 3.30. The Balaban J connectivity index is 1.68. The number of carbonyl (C=O) groups excluding carboxylic acids is 2. The summed E-state index contributed by atoms with van der Waals surface area (Å²) in [6.45, 7) is 2.31. The molecule has 2 amide bonds. The van der Waals surface area contributed by atoms with Crippen molar-refractivity contribution in [3.63, 3.8) is 0 Å². The molecule has 2 heterocycles. The van der Waals surface area contributed by atoms with E-state index < -0.39 is 5.92 Å². The van der Waals surface area contributed by atoms with E-state index in [0.29, 0.717) is 22.4 Å². The summed E-state index contributed by atoms with van der Waals surface area (Å²) in [4.78, 5) is 26.1. The van der Waals surface area contributed by atoms with Gasteiger partial charge in [0.2, 0.25) is 16.9 Å². The Kier molecular flexibility index (Phi) is 4.58. The lowest BCUT2D eigenvalue weighted by Crippen LogP contribution is -2.28. The Morgan fingerprint density at radius 1 is 1.48 bits per heavy atom. The molecule has 1 aromatic carbocycles. The highest BCUT2D eigenvalue weighted by Gasteiger charge is 2.35. The summed E-state index contributed by atoms with van der Waals surface area (Å²) in [6, 6.07) is 7.06. The van der Waals surface area contributed by atoms with Crippen LogP contribution in [0.3, 0.4) is 0 Å². The van der Waals surface area contributed by atoms with Crippen molar-refractivity contribution in [2.24, 2.45) is 5.92 Å². The Hall–Kier alpha value is -1.99. The second-order valence-corrected chi connectivity index (χ2v) is 6.73. The predicted molar refractivity (Wildman–Crippen MR) is 89.8 cm³/mol. The molecule has 0 saturated carbocycles. The van der Waals surface area contributed by atoms with Crippen molar-refractivity contribution in [2.75, 3.05) is 16.8 Å². The second kappa shape index (κ2) is 6.64. The van der Waals surface area contributed by atoms with Crippen LogP contribution in [0.15, 0.2) is 24.3 Å². The van der Waals surface area contributed by atoms with E-state index in [-0.39, 0.29) is 18.2 Å². The number of hydrogen-bond acceptors (Lipinski definition) is 5. The van der Waals surface area contributed by atoms with Crippen molar-refractivity contribution >= 4 is 45.6 Å². The van der Waals surface area contributed by atoms with E-state index >= 15 is 0 Å². The van der Waals surface area contributed by atoms with Gasteiger partial charge in [-0.1, -0.05) is 35.9 Å². The summed E-state index contributed by atoms with van der Waals surface area (Å²) in [5, 5.41) is 12.5. The number of aromatic nitrogens is 2. The molecule has 1 saturated heterocycles. The van der Waals surface area contributed by atoms with Crippen molar-refractivity contribution < 1.29 is 9.59 Å². The van der Waals surface area contributed by atoms with Gasteiger partial charge in [0.1, 0.15) is 5.01 Å². The van der Waals surface area contributed by atoms with Crippen LogP contribution in [-0.2, 0) is 16.0 Å². The van der Waals surface area contributed by atoms with Crippen molar-refractivity contribution in [2.45, 2.75) is 19.8 Å². The molecule has 0 unspecified atom stereocenters. The SMILES string of the molecule is CCc1nnc(NC(=O)[C@@H]2CC(=O)N(c3cccc(Cl)c3)C2)s1. The minimum absolute atomic E-state index is 0.0843. The molecule has 1 aliphatic rings. The molecule has 1 atom stereocenters. The van der Waals surface area contributed by atoms with Crippen LogP contribution in [0.5, 0.6) is 0 Å². The van der Waals surface area contributed by atoms with Crippen LogP contribution >= 0.6 is 22.9 Å². The highest BCUT2D eigenvalue weighted by atomic mass is 35.5. The van der Waals surface area contributed by atoms with Gasteiger partial charge >= 0.3 is 0 Å². The first-order valence-corrected chi connectivity index (χ1v) is 8.45. The normalized spacial score (nSPS) is 17.6. The summed E-state index contributed by atoms with van der Waals surface area (Å²) in [7, 11) is 0. The molecular weight excluding hydrogens is 336 g/mol. The number of nitrogens with one attached hydrogen (secondary N) is 1. The maximum absolute atomic E-state index is 12.3. The largest absolute Gasteiger partial charge is 0.312 e. The smallest absolute Gasteiger partial charge is 0.231 e. The fourth-order valence-electron chi connectivity index (χ4n) is 2.43. The minimum atomic E-state index is -0.407. The van der Waals surface area contributed by atoms with Gasteiger partial charge in [0.15, 0.2) is 0 Å². The van der Waals surface area contributed by atoms with Crippen LogP contribution in [0.1, 0.15) is 18.4 Å². The van der Waals surface area contributed by atoms with Gasteiger partial charge < -0.3 is 10.2 Å². The van der Waals surface area contributed by atoms with E-state index in [2.05, 4.69) is 15.5 Å². The third-order valence-electron chi connectivity index (χ3n) is 3.62. The van der Waals surface area contributed by atoms with Gasteiger partial charge in [-0.05, 0) is 24.6 Å². The molecule has 0 spiro atoms. The predicted octanol–water partition coefficient (Wildman–Crippen LogP) is 2.75. The van der Waals surface area contributed by atoms with Crippen molar-refractivity contribution in [1.82, 2.24) is 10.2 Å². The summed E-state index contributed by atoms with van der Waals surface area (Å²) >= 11 is 7.31. The van der Waals surface area contributed by atoms with Gasteiger partial charge in [0.25, 0.3) is 0 Å². The Morgan fingerprint density at radius 2 is 2.30 bits per heavy atom. The zero-order chi connectivity index (χ0) is 16.4. The zero-order valence-electron chi connectivity index (χ0n) is 12.5. The van der Waals surface area contributed by atoms with Gasteiger partial charge in [-0.15, -0.1) is 10.2 Å². The topological polar surface area (TPSA) is 75.2 Å². The summed E-state index contributed by atoms with van der Waals surface area (Å²) in [5.74, 6) is -0.698. The van der Waals surface area contributed by atoms with E-state index in [1.807, 2.05) is 13.0 Å². The molecule has 3 rings (SSSR count). The first-order chi connectivity index (χ1) is 11.1. The molecule has 8 heteroatoms. The van der Waals surface area contributed by atoms with Gasteiger partial charge in [-0.3, -0.25) is 9.59 Å². The van der Waals surface area contributed by atoms with Crippen LogP contribution in [0.2, 0.25) is 5.02 Å². The number of amides is 2. The average molecular weight is 351 g/mol. The molecule has 1 N–H and O–H groups in total. The fraction of sp³-hybridized carbons (Fsp3) is 0.333. The van der Waals surface area contributed by atoms with Crippen LogP contribution in [0.4, 0.5) is 10.8 Å². The number of benzene rings is 1. The Morgan fingerprint density at radius 3 is 3.00 bits per heavy atom. The molecule has 0 aliphatic carbocycles. The first-order valence-electron chi connectivity index (χ1n) is 7.26. The monoisotopic (exact) mass is 350 g/mol. The third kappa shape index (κ3) is 3.51. The summed E-state index contributed by atoms with van der Waals surface area (Å²) < 4.78 is 0. The van der Waals surface area contributed by atoms with E-state index in [1.54, 1.807) is 23.1 Å². The molecule has 1 fully saturated rings. The Bertz CT molecular complexity index is 749. The molecule has 1 aromatic heterocycles. The van der Waals surface area contributed by atoms with Crippen molar-refractivity contribution in [3.05, 3.63) is 34.3 Å². The average Bonchev–Trinajstić information content (AvgIpc) is 3.13. The maximum Gasteiger partial charge on any atom is 0.231 e. The number of hydrogen-bond donors (Lipinski definition) is 1. The molecule has 1 aliphatic heterocycles. The van der Waals surface area contributed by atoms with E-state index in [9.17, 15) is 9.59 Å². The molecule has 6 nitrogen and oxygen atoms in total. The van der Waals surface area contributed by atoms with Crippen LogP contribution in [0, 0.1) is 5.92 Å². The van der Waals surface area contributed by atoms with E-state index in [4.69, 9.17) is 11.6 Å². The third-order valence-corrected chi connectivity index (χ3v) is 4.83. The number of rotatable bonds is 4. The molecule has 2 aromatic rings. The lowest BCUT2D eigenvalue weighted by Gasteiger charge is -2.16.